The van der Waals surface area contributed by atoms with E-state index in [0.29, 0.717) is 6.04 Å². The topological polar surface area (TPSA) is 34.3 Å². The summed E-state index contributed by atoms with van der Waals surface area (Å²) in [4.78, 5) is 4.04. The van der Waals surface area contributed by atoms with Crippen molar-refractivity contribution in [2.24, 2.45) is 4.99 Å². The van der Waals surface area contributed by atoms with E-state index in [4.69, 9.17) is 0 Å². The maximum absolute atomic E-state index is 4.04. The summed E-state index contributed by atoms with van der Waals surface area (Å²) in [5.41, 5.74) is 1.17. The molecule has 1 rings (SSSR count). The van der Waals surface area contributed by atoms with Gasteiger partial charge in [-0.05, 0) is 12.0 Å². The quantitative estimate of drug-likeness (QED) is 0.405. The highest BCUT2D eigenvalue weighted by Crippen LogP contribution is 2.12. The molecule has 2 heteroatoms. The van der Waals surface area contributed by atoms with Crippen molar-refractivity contribution in [2.45, 2.75) is 26.3 Å². The van der Waals surface area contributed by atoms with Crippen molar-refractivity contribution in [2.75, 3.05) is 6.54 Å². The molecule has 0 spiro atoms. The summed E-state index contributed by atoms with van der Waals surface area (Å²) < 4.78 is 0. The summed E-state index contributed by atoms with van der Waals surface area (Å²) in [6, 6.07) is 0.646. The SMILES string of the molecule is C=CC=N/C=C(\C=C)CC1CN1.CC. The largest absolute Gasteiger partial charge is 0.311 e. The fourth-order valence-corrected chi connectivity index (χ4v) is 0.901. The van der Waals surface area contributed by atoms with Crippen molar-refractivity contribution in [3.8, 4) is 0 Å². The Kier molecular flexibility index (Phi) is 7.75. The van der Waals surface area contributed by atoms with Gasteiger partial charge in [0.25, 0.3) is 0 Å². The van der Waals surface area contributed by atoms with Crippen LogP contribution < -0.4 is 5.32 Å². The van der Waals surface area contributed by atoms with Gasteiger partial charge in [0.2, 0.25) is 0 Å². The zero-order valence-corrected chi connectivity index (χ0v) is 9.16. The molecule has 1 saturated heterocycles. The summed E-state index contributed by atoms with van der Waals surface area (Å²) in [6.45, 7) is 12.4. The Balaban J connectivity index is 0.000000791. The molecule has 1 aliphatic heterocycles. The molecule has 78 valence electrons. The summed E-state index contributed by atoms with van der Waals surface area (Å²) in [5.74, 6) is 0. The van der Waals surface area contributed by atoms with Crippen molar-refractivity contribution in [3.05, 3.63) is 37.1 Å². The van der Waals surface area contributed by atoms with Crippen LogP contribution in [0.4, 0.5) is 0 Å². The van der Waals surface area contributed by atoms with Gasteiger partial charge in [0.15, 0.2) is 0 Å². The van der Waals surface area contributed by atoms with Crippen molar-refractivity contribution in [1.29, 1.82) is 0 Å². The molecule has 0 aromatic rings. The molecule has 1 aliphatic rings. The van der Waals surface area contributed by atoms with Crippen molar-refractivity contribution in [1.82, 2.24) is 5.32 Å². The zero-order chi connectivity index (χ0) is 10.8. The van der Waals surface area contributed by atoms with Crippen LogP contribution in [0.3, 0.4) is 0 Å². The van der Waals surface area contributed by atoms with E-state index in [1.807, 2.05) is 26.1 Å². The third-order valence-corrected chi connectivity index (χ3v) is 1.67. The van der Waals surface area contributed by atoms with Crippen LogP contribution in [-0.4, -0.2) is 18.8 Å². The average molecular weight is 192 g/mol. The van der Waals surface area contributed by atoms with Crippen molar-refractivity contribution >= 4 is 6.21 Å². The van der Waals surface area contributed by atoms with E-state index in [0.717, 1.165) is 13.0 Å². The van der Waals surface area contributed by atoms with Gasteiger partial charge >= 0.3 is 0 Å². The Labute approximate surface area is 87.1 Å². The van der Waals surface area contributed by atoms with E-state index < -0.39 is 0 Å². The Morgan fingerprint density at radius 1 is 1.50 bits per heavy atom. The highest BCUT2D eigenvalue weighted by molar-refractivity contribution is 5.70. The molecule has 1 fully saturated rings. The number of aliphatic imine (C=N–C) groups is 1. The fraction of sp³-hybridized carbons (Fsp3) is 0.417. The van der Waals surface area contributed by atoms with Gasteiger partial charge < -0.3 is 5.32 Å². The second kappa shape index (κ2) is 8.45. The van der Waals surface area contributed by atoms with Crippen molar-refractivity contribution < 1.29 is 0 Å². The van der Waals surface area contributed by atoms with Gasteiger partial charge in [0.1, 0.15) is 0 Å². The lowest BCUT2D eigenvalue weighted by Crippen LogP contribution is -1.91. The first-order valence-corrected chi connectivity index (χ1v) is 5.06. The Morgan fingerprint density at radius 2 is 2.14 bits per heavy atom. The molecule has 14 heavy (non-hydrogen) atoms. The molecule has 1 unspecified atom stereocenters. The Hall–Kier alpha value is -1.15. The summed E-state index contributed by atoms with van der Waals surface area (Å²) in [6.07, 6.45) is 8.03. The number of rotatable bonds is 5. The first-order valence-electron chi connectivity index (χ1n) is 5.06. The lowest BCUT2D eigenvalue weighted by atomic mass is 10.1. The molecule has 0 radical (unpaired) electrons. The second-order valence-electron chi connectivity index (χ2n) is 2.75. The summed E-state index contributed by atoms with van der Waals surface area (Å²) >= 11 is 0. The molecule has 1 N–H and O–H groups in total. The number of nitrogens with zero attached hydrogens (tertiary/aromatic N) is 1. The fourth-order valence-electron chi connectivity index (χ4n) is 0.901. The van der Waals surface area contributed by atoms with Gasteiger partial charge in [-0.3, -0.25) is 4.99 Å². The lowest BCUT2D eigenvalue weighted by Gasteiger charge is -1.94. The van der Waals surface area contributed by atoms with E-state index in [2.05, 4.69) is 23.5 Å². The van der Waals surface area contributed by atoms with Crippen LogP contribution in [0.1, 0.15) is 20.3 Å². The highest BCUT2D eigenvalue weighted by Gasteiger charge is 2.19. The van der Waals surface area contributed by atoms with Gasteiger partial charge in [-0.1, -0.05) is 39.2 Å². The minimum absolute atomic E-state index is 0.646. The van der Waals surface area contributed by atoms with E-state index >= 15 is 0 Å². The third kappa shape index (κ3) is 6.38. The highest BCUT2D eigenvalue weighted by atomic mass is 15.1. The maximum atomic E-state index is 4.04. The number of hydrogen-bond donors (Lipinski definition) is 1. The normalized spacial score (nSPS) is 19.9. The number of allylic oxidation sites excluding steroid dienone is 2. The van der Waals surface area contributed by atoms with Gasteiger partial charge in [0.05, 0.1) is 0 Å². The summed E-state index contributed by atoms with van der Waals surface area (Å²) in [5, 5.41) is 3.23. The second-order valence-corrected chi connectivity index (χ2v) is 2.75. The first-order chi connectivity index (χ1) is 6.86. The molecule has 1 atom stereocenters. The smallest absolute Gasteiger partial charge is 0.0300 e. The van der Waals surface area contributed by atoms with Gasteiger partial charge in [-0.25, -0.2) is 0 Å². The van der Waals surface area contributed by atoms with Crippen LogP contribution >= 0.6 is 0 Å². The third-order valence-electron chi connectivity index (χ3n) is 1.67. The van der Waals surface area contributed by atoms with Gasteiger partial charge in [-0.2, -0.15) is 0 Å². The molecule has 0 aromatic heterocycles. The molecule has 0 saturated carbocycles. The summed E-state index contributed by atoms with van der Waals surface area (Å²) in [7, 11) is 0. The Bertz CT molecular complexity index is 222. The van der Waals surface area contributed by atoms with Gasteiger partial charge in [-0.15, -0.1) is 0 Å². The predicted octanol–water partition coefficient (Wildman–Crippen LogP) is 2.70. The van der Waals surface area contributed by atoms with Crippen LogP contribution in [0.5, 0.6) is 0 Å². The maximum Gasteiger partial charge on any atom is 0.0300 e. The van der Waals surface area contributed by atoms with Crippen LogP contribution in [0.2, 0.25) is 0 Å². The molecular weight excluding hydrogens is 172 g/mol. The van der Waals surface area contributed by atoms with Gasteiger partial charge in [0, 0.05) is 25.0 Å². The first kappa shape index (κ1) is 12.8. The molecule has 0 aromatic carbocycles. The predicted molar refractivity (Wildman–Crippen MR) is 64.7 cm³/mol. The van der Waals surface area contributed by atoms with Crippen LogP contribution in [-0.2, 0) is 0 Å². The molecule has 0 bridgehead atoms. The Morgan fingerprint density at radius 3 is 2.57 bits per heavy atom. The molecule has 2 nitrogen and oxygen atoms in total. The lowest BCUT2D eigenvalue weighted by molar-refractivity contribution is 0.932. The minimum Gasteiger partial charge on any atom is -0.311 e. The average Bonchev–Trinajstić information content (AvgIpc) is 3.03. The standard InChI is InChI=1S/C10H14N2.C2H6/c1-3-5-11-7-9(4-2)6-10-8-12-10;1-2/h3-5,7,10,12H,1-2,6,8H2;1-2H3/b9-7+,11-5?;. The zero-order valence-electron chi connectivity index (χ0n) is 9.16. The van der Waals surface area contributed by atoms with E-state index in [1.54, 1.807) is 12.3 Å². The molecule has 0 aliphatic carbocycles. The van der Waals surface area contributed by atoms with Crippen LogP contribution in [0.15, 0.2) is 42.1 Å². The molecule has 0 amide bonds. The minimum atomic E-state index is 0.646. The molecule has 1 heterocycles. The van der Waals surface area contributed by atoms with Crippen molar-refractivity contribution in [3.63, 3.8) is 0 Å². The van der Waals surface area contributed by atoms with Crippen LogP contribution in [0.25, 0.3) is 0 Å². The molecular formula is C12H20N2. The van der Waals surface area contributed by atoms with E-state index in [9.17, 15) is 0 Å². The van der Waals surface area contributed by atoms with E-state index in [-0.39, 0.29) is 0 Å². The monoisotopic (exact) mass is 192 g/mol. The number of hydrogen-bond acceptors (Lipinski definition) is 2. The van der Waals surface area contributed by atoms with Crippen LogP contribution in [0, 0.1) is 0 Å². The van der Waals surface area contributed by atoms with E-state index in [1.165, 1.54) is 5.57 Å². The number of nitrogens with one attached hydrogen (secondary N) is 1.